The van der Waals surface area contributed by atoms with Gasteiger partial charge in [-0.15, -0.1) is 0 Å². The molecule has 0 fully saturated rings. The third-order valence-corrected chi connectivity index (χ3v) is 2.91. The summed E-state index contributed by atoms with van der Waals surface area (Å²) in [5.41, 5.74) is -0.702. The lowest BCUT2D eigenvalue weighted by Crippen LogP contribution is -2.36. The van der Waals surface area contributed by atoms with Gasteiger partial charge in [-0.3, -0.25) is 14.6 Å². The van der Waals surface area contributed by atoms with Crippen molar-refractivity contribution in [3.8, 4) is 0 Å². The van der Waals surface area contributed by atoms with Gasteiger partial charge in [0.2, 0.25) is 5.91 Å². The fourth-order valence-corrected chi connectivity index (χ4v) is 1.96. The van der Waals surface area contributed by atoms with E-state index in [1.807, 2.05) is 13.8 Å². The molecule has 1 atom stereocenters. The Morgan fingerprint density at radius 1 is 0.962 bits per heavy atom. The lowest BCUT2D eigenvalue weighted by Gasteiger charge is -2.24. The normalized spacial score (nSPS) is 14.0. The minimum absolute atomic E-state index is 0.00514. The largest absolute Gasteiger partial charge is 0.459 e. The zero-order chi connectivity index (χ0) is 20.7. The van der Waals surface area contributed by atoms with Crippen molar-refractivity contribution in [2.24, 2.45) is 10.9 Å². The molecule has 0 spiro atoms. The van der Waals surface area contributed by atoms with E-state index in [9.17, 15) is 14.4 Å². The van der Waals surface area contributed by atoms with Crippen LogP contribution in [0.2, 0.25) is 0 Å². The van der Waals surface area contributed by atoms with Gasteiger partial charge in [-0.25, -0.2) is 4.79 Å². The van der Waals surface area contributed by atoms with Gasteiger partial charge in [0.15, 0.2) is 0 Å². The summed E-state index contributed by atoms with van der Waals surface area (Å²) in [4.78, 5) is 40.2. The van der Waals surface area contributed by atoms with Crippen LogP contribution in [-0.4, -0.2) is 47.3 Å². The Kier molecular flexibility index (Phi) is 8.97. The summed E-state index contributed by atoms with van der Waals surface area (Å²) in [5, 5.41) is 2.50. The first-order valence-corrected chi connectivity index (χ1v) is 8.85. The number of nitrogens with one attached hydrogen (secondary N) is 1. The van der Waals surface area contributed by atoms with Crippen molar-refractivity contribution in [1.29, 1.82) is 0 Å². The van der Waals surface area contributed by atoms with E-state index in [1.54, 1.807) is 48.5 Å². The number of hydrogen-bond donors (Lipinski definition) is 1. The van der Waals surface area contributed by atoms with Crippen molar-refractivity contribution in [3.63, 3.8) is 0 Å². The predicted octanol–water partition coefficient (Wildman–Crippen LogP) is 2.66. The Morgan fingerprint density at radius 2 is 1.46 bits per heavy atom. The molecular formula is C19H34N2O5. The summed E-state index contributed by atoms with van der Waals surface area (Å²) < 4.78 is 10.5. The summed E-state index contributed by atoms with van der Waals surface area (Å²) in [7, 11) is 0. The van der Waals surface area contributed by atoms with E-state index < -0.39 is 29.2 Å². The maximum absolute atomic E-state index is 12.3. The second-order valence-electron chi connectivity index (χ2n) is 8.63. The maximum atomic E-state index is 12.3. The van der Waals surface area contributed by atoms with E-state index in [-0.39, 0.29) is 24.8 Å². The molecule has 0 rings (SSSR count). The van der Waals surface area contributed by atoms with E-state index in [4.69, 9.17) is 9.47 Å². The van der Waals surface area contributed by atoms with Crippen molar-refractivity contribution in [2.75, 3.05) is 6.54 Å². The second kappa shape index (κ2) is 9.69. The first-order chi connectivity index (χ1) is 11.6. The minimum atomic E-state index is -0.673. The number of nitrogens with zero attached hydrogens (tertiary/aromatic N) is 1. The van der Waals surface area contributed by atoms with Gasteiger partial charge in [-0.1, -0.05) is 13.8 Å². The zero-order valence-electron chi connectivity index (χ0n) is 17.6. The van der Waals surface area contributed by atoms with E-state index in [0.29, 0.717) is 5.71 Å². The Balaban J connectivity index is 4.73. The summed E-state index contributed by atoms with van der Waals surface area (Å²) >= 11 is 0. The number of hydrogen-bond acceptors (Lipinski definition) is 6. The number of aliphatic imine (C=N–C) groups is 1. The molecule has 7 nitrogen and oxygen atoms in total. The smallest absolute Gasteiger partial charge is 0.331 e. The van der Waals surface area contributed by atoms with Gasteiger partial charge in [0.25, 0.3) is 0 Å². The van der Waals surface area contributed by atoms with Crippen LogP contribution in [0.25, 0.3) is 0 Å². The lowest BCUT2D eigenvalue weighted by atomic mass is 10.0. The quantitative estimate of drug-likeness (QED) is 0.549. The zero-order valence-corrected chi connectivity index (χ0v) is 17.6. The molecule has 26 heavy (non-hydrogen) atoms. The molecule has 0 radical (unpaired) electrons. The fraction of sp³-hybridized carbons (Fsp3) is 0.789. The highest BCUT2D eigenvalue weighted by atomic mass is 16.6. The molecule has 0 aromatic carbocycles. The number of esters is 2. The summed E-state index contributed by atoms with van der Waals surface area (Å²) in [6.45, 7) is 15.9. The van der Waals surface area contributed by atoms with Crippen LogP contribution in [-0.2, 0) is 23.9 Å². The SMILES string of the molecule is CC(CC(=O)NCC(=O)OC(C)(C)C)=NC(C(=O)OC(C)(C)C)C(C)C. The molecule has 1 N–H and O–H groups in total. The lowest BCUT2D eigenvalue weighted by molar-refractivity contribution is -0.157. The summed E-state index contributed by atoms with van der Waals surface area (Å²) in [6, 6.07) is -0.673. The van der Waals surface area contributed by atoms with E-state index in [2.05, 4.69) is 10.3 Å². The Morgan fingerprint density at radius 3 is 1.88 bits per heavy atom. The van der Waals surface area contributed by atoms with E-state index >= 15 is 0 Å². The molecule has 1 unspecified atom stereocenters. The van der Waals surface area contributed by atoms with Gasteiger partial charge in [0, 0.05) is 5.71 Å². The van der Waals surface area contributed by atoms with Gasteiger partial charge in [0.1, 0.15) is 23.8 Å². The number of ether oxygens (including phenoxy) is 2. The number of carbonyl (C=O) groups excluding carboxylic acids is 3. The molecule has 0 aliphatic heterocycles. The average Bonchev–Trinajstić information content (AvgIpc) is 2.38. The van der Waals surface area contributed by atoms with Crippen molar-refractivity contribution < 1.29 is 23.9 Å². The first kappa shape index (κ1) is 24.1. The molecule has 0 saturated heterocycles. The molecule has 0 heterocycles. The van der Waals surface area contributed by atoms with Crippen LogP contribution in [0.5, 0.6) is 0 Å². The molecule has 0 aliphatic rings. The second-order valence-corrected chi connectivity index (χ2v) is 8.63. The minimum Gasteiger partial charge on any atom is -0.459 e. The van der Waals surface area contributed by atoms with Gasteiger partial charge in [0.05, 0.1) is 6.42 Å². The van der Waals surface area contributed by atoms with Gasteiger partial charge in [-0.05, 0) is 54.4 Å². The van der Waals surface area contributed by atoms with Crippen molar-refractivity contribution in [2.45, 2.75) is 86.0 Å². The van der Waals surface area contributed by atoms with Crippen LogP contribution in [0.3, 0.4) is 0 Å². The van der Waals surface area contributed by atoms with Crippen LogP contribution >= 0.6 is 0 Å². The maximum Gasteiger partial charge on any atom is 0.331 e. The highest BCUT2D eigenvalue weighted by Crippen LogP contribution is 2.15. The summed E-state index contributed by atoms with van der Waals surface area (Å²) in [5.74, 6) is -1.34. The van der Waals surface area contributed by atoms with Crippen LogP contribution in [0.15, 0.2) is 4.99 Å². The molecule has 0 aromatic heterocycles. The van der Waals surface area contributed by atoms with E-state index in [1.165, 1.54) is 0 Å². The van der Waals surface area contributed by atoms with Crippen molar-refractivity contribution in [3.05, 3.63) is 0 Å². The standard InChI is InChI=1S/C19H34N2O5/c1-12(2)16(17(24)26-19(7,8)9)21-13(3)10-14(22)20-11-15(23)25-18(4,5)6/h12,16H,10-11H2,1-9H3,(H,20,22). The highest BCUT2D eigenvalue weighted by Gasteiger charge is 2.27. The Bertz CT molecular complexity index is 539. The molecule has 0 aromatic rings. The third kappa shape index (κ3) is 11.6. The molecule has 0 bridgehead atoms. The Hall–Kier alpha value is -1.92. The third-order valence-electron chi connectivity index (χ3n) is 2.91. The molecule has 0 saturated carbocycles. The molecular weight excluding hydrogens is 336 g/mol. The summed E-state index contributed by atoms with van der Waals surface area (Å²) in [6.07, 6.45) is -0.00514. The molecule has 7 heteroatoms. The van der Waals surface area contributed by atoms with E-state index in [0.717, 1.165) is 0 Å². The van der Waals surface area contributed by atoms with Gasteiger partial charge >= 0.3 is 11.9 Å². The Labute approximate surface area is 156 Å². The number of rotatable bonds is 7. The topological polar surface area (TPSA) is 94.1 Å². The van der Waals surface area contributed by atoms with Crippen LogP contribution in [0, 0.1) is 5.92 Å². The van der Waals surface area contributed by atoms with Crippen LogP contribution < -0.4 is 5.32 Å². The first-order valence-electron chi connectivity index (χ1n) is 8.85. The predicted molar refractivity (Wildman–Crippen MR) is 101 cm³/mol. The van der Waals surface area contributed by atoms with Crippen molar-refractivity contribution >= 4 is 23.6 Å². The van der Waals surface area contributed by atoms with Crippen LogP contribution in [0.4, 0.5) is 0 Å². The monoisotopic (exact) mass is 370 g/mol. The van der Waals surface area contributed by atoms with Gasteiger partial charge in [-0.2, -0.15) is 0 Å². The van der Waals surface area contributed by atoms with Crippen LogP contribution in [0.1, 0.15) is 68.7 Å². The fourth-order valence-electron chi connectivity index (χ4n) is 1.96. The molecule has 150 valence electrons. The number of amides is 1. The molecule has 0 aliphatic carbocycles. The van der Waals surface area contributed by atoms with Gasteiger partial charge < -0.3 is 14.8 Å². The highest BCUT2D eigenvalue weighted by molar-refractivity contribution is 6.01. The average molecular weight is 370 g/mol. The number of carbonyl (C=O) groups is 3. The molecule has 1 amide bonds. The van der Waals surface area contributed by atoms with Crippen molar-refractivity contribution in [1.82, 2.24) is 5.32 Å².